The van der Waals surface area contributed by atoms with Gasteiger partial charge in [0.25, 0.3) is 0 Å². The van der Waals surface area contributed by atoms with Crippen LogP contribution in [0.3, 0.4) is 0 Å². The number of benzene rings is 3. The molecule has 33 heavy (non-hydrogen) atoms. The van der Waals surface area contributed by atoms with Crippen LogP contribution in [0, 0.1) is 0 Å². The van der Waals surface area contributed by atoms with Gasteiger partial charge in [-0.3, -0.25) is 4.57 Å². The predicted molar refractivity (Wildman–Crippen MR) is 129 cm³/mol. The summed E-state index contributed by atoms with van der Waals surface area (Å²) in [5.74, 6) is -0.922. The van der Waals surface area contributed by atoms with Crippen molar-refractivity contribution in [3.8, 4) is 0 Å². The van der Waals surface area contributed by atoms with E-state index in [4.69, 9.17) is 13.8 Å². The van der Waals surface area contributed by atoms with Gasteiger partial charge in [0.05, 0.1) is 12.7 Å². The van der Waals surface area contributed by atoms with Crippen LogP contribution in [-0.2, 0) is 38.0 Å². The standard InChI is InChI=1S/C26H30NO5P/c1-21(2)32-33(29,31-20-24-16-10-5-11-17-24)25(18-22-12-6-3-7-13-22)27-26(28)30-19-23-14-8-4-9-15-23/h3-17,21,25H,18-20H2,1-2H3,(H,27,28)/t25-,33?/m0/s1. The lowest BCUT2D eigenvalue weighted by Crippen LogP contribution is -2.38. The van der Waals surface area contributed by atoms with E-state index in [0.717, 1.165) is 16.7 Å². The van der Waals surface area contributed by atoms with Crippen molar-refractivity contribution in [2.45, 2.75) is 45.4 Å². The summed E-state index contributed by atoms with van der Waals surface area (Å²) >= 11 is 0. The van der Waals surface area contributed by atoms with Crippen molar-refractivity contribution in [2.75, 3.05) is 0 Å². The minimum atomic E-state index is -3.78. The molecule has 0 aromatic heterocycles. The third-order valence-corrected chi connectivity index (χ3v) is 7.04. The highest BCUT2D eigenvalue weighted by Crippen LogP contribution is 2.54. The van der Waals surface area contributed by atoms with E-state index < -0.39 is 19.5 Å². The highest BCUT2D eigenvalue weighted by atomic mass is 31.2. The van der Waals surface area contributed by atoms with E-state index in [0.29, 0.717) is 0 Å². The Bertz CT molecular complexity index is 1030. The largest absolute Gasteiger partial charge is 0.445 e. The van der Waals surface area contributed by atoms with Gasteiger partial charge in [0.2, 0.25) is 0 Å². The number of carbonyl (C=O) groups excluding carboxylic acids is 1. The molecular formula is C26H30NO5P. The summed E-state index contributed by atoms with van der Waals surface area (Å²) in [7, 11) is -3.78. The monoisotopic (exact) mass is 467 g/mol. The molecule has 2 atom stereocenters. The first-order valence-corrected chi connectivity index (χ1v) is 12.5. The molecule has 174 valence electrons. The summed E-state index contributed by atoms with van der Waals surface area (Å²) < 4.78 is 31.1. The maximum atomic E-state index is 14.0. The summed E-state index contributed by atoms with van der Waals surface area (Å²) in [5, 5.41) is 2.74. The van der Waals surface area contributed by atoms with Gasteiger partial charge in [-0.05, 0) is 30.5 Å². The average molecular weight is 468 g/mol. The molecule has 0 aliphatic carbocycles. The van der Waals surface area contributed by atoms with Crippen LogP contribution in [0.1, 0.15) is 30.5 Å². The molecule has 0 aliphatic rings. The molecule has 0 heterocycles. The molecule has 0 spiro atoms. The molecule has 1 amide bonds. The van der Waals surface area contributed by atoms with Crippen LogP contribution in [0.25, 0.3) is 0 Å². The van der Waals surface area contributed by atoms with Crippen LogP contribution in [0.4, 0.5) is 4.79 Å². The Morgan fingerprint density at radius 3 is 1.79 bits per heavy atom. The first-order valence-electron chi connectivity index (χ1n) is 10.9. The Morgan fingerprint density at radius 1 is 0.788 bits per heavy atom. The molecule has 0 radical (unpaired) electrons. The predicted octanol–water partition coefficient (Wildman–Crippen LogP) is 6.32. The number of carbonyl (C=O) groups is 1. The number of hydrogen-bond acceptors (Lipinski definition) is 5. The molecular weight excluding hydrogens is 437 g/mol. The molecule has 1 unspecified atom stereocenters. The summed E-state index contributed by atoms with van der Waals surface area (Å²) in [6.07, 6.45) is -0.789. The van der Waals surface area contributed by atoms with Gasteiger partial charge in [0.1, 0.15) is 12.4 Å². The number of hydrogen-bond donors (Lipinski definition) is 1. The highest BCUT2D eigenvalue weighted by molar-refractivity contribution is 7.54. The van der Waals surface area contributed by atoms with E-state index in [2.05, 4.69) is 5.32 Å². The molecule has 1 N–H and O–H groups in total. The first kappa shape index (κ1) is 24.7. The Hall–Kier alpha value is -2.92. The third kappa shape index (κ3) is 8.17. The second-order valence-electron chi connectivity index (χ2n) is 7.86. The first-order chi connectivity index (χ1) is 15.9. The highest BCUT2D eigenvalue weighted by Gasteiger charge is 2.39. The van der Waals surface area contributed by atoms with Gasteiger partial charge in [-0.2, -0.15) is 0 Å². The summed E-state index contributed by atoms with van der Waals surface area (Å²) in [6.45, 7) is 3.76. The second kappa shape index (κ2) is 12.4. The lowest BCUT2D eigenvalue weighted by atomic mass is 10.1. The molecule has 0 fully saturated rings. The minimum Gasteiger partial charge on any atom is -0.445 e. The Morgan fingerprint density at radius 2 is 1.27 bits per heavy atom. The van der Waals surface area contributed by atoms with Gasteiger partial charge in [0.15, 0.2) is 0 Å². The molecule has 3 aromatic rings. The van der Waals surface area contributed by atoms with E-state index in [1.807, 2.05) is 91.0 Å². The van der Waals surface area contributed by atoms with Crippen LogP contribution in [-0.4, -0.2) is 18.0 Å². The zero-order valence-electron chi connectivity index (χ0n) is 18.9. The number of rotatable bonds is 11. The molecule has 0 saturated carbocycles. The molecule has 7 heteroatoms. The van der Waals surface area contributed by atoms with Crippen LogP contribution in [0.5, 0.6) is 0 Å². The quantitative estimate of drug-likeness (QED) is 0.334. The zero-order chi connectivity index (χ0) is 23.5. The maximum Gasteiger partial charge on any atom is 0.408 e. The van der Waals surface area contributed by atoms with Crippen molar-refractivity contribution < 1.29 is 23.1 Å². The van der Waals surface area contributed by atoms with Gasteiger partial charge >= 0.3 is 13.7 Å². The fourth-order valence-corrected chi connectivity index (χ4v) is 5.21. The fraction of sp³-hybridized carbons (Fsp3) is 0.269. The average Bonchev–Trinajstić information content (AvgIpc) is 2.83. The van der Waals surface area contributed by atoms with E-state index in [-0.39, 0.29) is 25.7 Å². The van der Waals surface area contributed by atoms with Gasteiger partial charge < -0.3 is 19.1 Å². The van der Waals surface area contributed by atoms with Crippen LogP contribution in [0.2, 0.25) is 0 Å². The van der Waals surface area contributed by atoms with E-state index in [1.54, 1.807) is 13.8 Å². The van der Waals surface area contributed by atoms with Crippen LogP contribution in [0.15, 0.2) is 91.0 Å². The molecule has 3 rings (SSSR count). The molecule has 0 bridgehead atoms. The van der Waals surface area contributed by atoms with Crippen molar-refractivity contribution in [2.24, 2.45) is 0 Å². The smallest absolute Gasteiger partial charge is 0.408 e. The van der Waals surface area contributed by atoms with Crippen molar-refractivity contribution in [3.63, 3.8) is 0 Å². The number of ether oxygens (including phenoxy) is 1. The maximum absolute atomic E-state index is 14.0. The SMILES string of the molecule is CC(C)OP(=O)(OCc1ccccc1)[C@@H](Cc1ccccc1)NC(=O)OCc1ccccc1. The summed E-state index contributed by atoms with van der Waals surface area (Å²) in [6, 6.07) is 28.3. The zero-order valence-corrected chi connectivity index (χ0v) is 19.8. The number of amides is 1. The topological polar surface area (TPSA) is 73.9 Å². The van der Waals surface area contributed by atoms with Gasteiger partial charge in [-0.1, -0.05) is 91.0 Å². The number of nitrogens with one attached hydrogen (secondary N) is 1. The van der Waals surface area contributed by atoms with Crippen molar-refractivity contribution in [1.29, 1.82) is 0 Å². The molecule has 6 nitrogen and oxygen atoms in total. The molecule has 0 saturated heterocycles. The van der Waals surface area contributed by atoms with Crippen molar-refractivity contribution in [1.82, 2.24) is 5.32 Å². The van der Waals surface area contributed by atoms with E-state index in [9.17, 15) is 9.36 Å². The Balaban J connectivity index is 1.78. The molecule has 3 aromatic carbocycles. The van der Waals surface area contributed by atoms with Crippen LogP contribution >= 0.6 is 7.60 Å². The lowest BCUT2D eigenvalue weighted by Gasteiger charge is -2.29. The molecule has 0 aliphatic heterocycles. The summed E-state index contributed by atoms with van der Waals surface area (Å²) in [5.41, 5.74) is 2.60. The van der Waals surface area contributed by atoms with E-state index in [1.165, 1.54) is 0 Å². The van der Waals surface area contributed by atoms with Crippen LogP contribution < -0.4 is 5.32 Å². The van der Waals surface area contributed by atoms with Crippen molar-refractivity contribution >= 4 is 13.7 Å². The van der Waals surface area contributed by atoms with Gasteiger partial charge in [-0.15, -0.1) is 0 Å². The minimum absolute atomic E-state index is 0.0941. The van der Waals surface area contributed by atoms with Gasteiger partial charge in [-0.25, -0.2) is 4.79 Å². The Kier molecular flexibility index (Phi) is 9.25. The second-order valence-corrected chi connectivity index (χ2v) is 10.0. The van der Waals surface area contributed by atoms with E-state index >= 15 is 0 Å². The van der Waals surface area contributed by atoms with Crippen molar-refractivity contribution in [3.05, 3.63) is 108 Å². The Labute approximate surface area is 195 Å². The lowest BCUT2D eigenvalue weighted by molar-refractivity contribution is 0.128. The number of alkyl carbamates (subject to hydrolysis) is 1. The summed E-state index contributed by atoms with van der Waals surface area (Å²) in [4.78, 5) is 12.7. The fourth-order valence-electron chi connectivity index (χ4n) is 3.21. The van der Waals surface area contributed by atoms with Gasteiger partial charge in [0, 0.05) is 6.42 Å². The normalized spacial score (nSPS) is 13.8. The third-order valence-electron chi connectivity index (χ3n) is 4.76.